The number of rotatable bonds is 3. The maximum atomic E-state index is 13.1. The first kappa shape index (κ1) is 10.9. The van der Waals surface area contributed by atoms with Crippen LogP contribution in [0.15, 0.2) is 12.1 Å². The van der Waals surface area contributed by atoms with Crippen molar-refractivity contribution in [1.82, 2.24) is 0 Å². The van der Waals surface area contributed by atoms with Gasteiger partial charge in [0.25, 0.3) is 0 Å². The second-order valence-electron chi connectivity index (χ2n) is 2.72. The average molecular weight is 221 g/mol. The topological polar surface area (TPSA) is 37.3 Å². The van der Waals surface area contributed by atoms with Gasteiger partial charge in [0.2, 0.25) is 0 Å². The van der Waals surface area contributed by atoms with Crippen LogP contribution in [0.4, 0.5) is 8.78 Å². The van der Waals surface area contributed by atoms with Crippen LogP contribution in [0.5, 0.6) is 0 Å². The van der Waals surface area contributed by atoms with Gasteiger partial charge in [-0.25, -0.2) is 8.78 Å². The molecule has 1 rings (SSSR count). The Balaban J connectivity index is 2.95. The molecule has 2 nitrogen and oxygen atoms in total. The molecule has 0 aliphatic rings. The summed E-state index contributed by atoms with van der Waals surface area (Å²) in [5, 5.41) is 8.41. The highest BCUT2D eigenvalue weighted by molar-refractivity contribution is 6.31. The Morgan fingerprint density at radius 2 is 2.07 bits per heavy atom. The van der Waals surface area contributed by atoms with Gasteiger partial charge in [-0.1, -0.05) is 11.6 Å². The summed E-state index contributed by atoms with van der Waals surface area (Å²) in [7, 11) is 0. The number of hydrogen-bond acceptors (Lipinski definition) is 1. The van der Waals surface area contributed by atoms with E-state index in [0.29, 0.717) is 0 Å². The molecule has 14 heavy (non-hydrogen) atoms. The van der Waals surface area contributed by atoms with Gasteiger partial charge in [0.05, 0.1) is 0 Å². The fourth-order valence-corrected chi connectivity index (χ4v) is 1.27. The molecule has 0 fully saturated rings. The maximum Gasteiger partial charge on any atom is 0.303 e. The summed E-state index contributed by atoms with van der Waals surface area (Å²) in [6.45, 7) is 0. The quantitative estimate of drug-likeness (QED) is 0.795. The lowest BCUT2D eigenvalue weighted by Crippen LogP contribution is -2.01. The molecule has 0 saturated carbocycles. The van der Waals surface area contributed by atoms with Crippen molar-refractivity contribution in [2.75, 3.05) is 0 Å². The molecule has 0 aliphatic carbocycles. The molecule has 0 amide bonds. The zero-order valence-electron chi connectivity index (χ0n) is 7.06. The van der Waals surface area contributed by atoms with E-state index < -0.39 is 17.6 Å². The molecule has 0 aliphatic heterocycles. The van der Waals surface area contributed by atoms with Crippen LogP contribution in [-0.4, -0.2) is 11.1 Å². The highest BCUT2D eigenvalue weighted by Gasteiger charge is 2.13. The van der Waals surface area contributed by atoms with E-state index in [4.69, 9.17) is 16.7 Å². The van der Waals surface area contributed by atoms with Crippen LogP contribution in [0.2, 0.25) is 5.02 Å². The Kier molecular flexibility index (Phi) is 3.41. The Morgan fingerprint density at radius 1 is 1.43 bits per heavy atom. The first-order valence-electron chi connectivity index (χ1n) is 3.86. The minimum atomic E-state index is -1.08. The van der Waals surface area contributed by atoms with E-state index in [0.717, 1.165) is 6.07 Å². The van der Waals surface area contributed by atoms with Crippen molar-refractivity contribution in [3.8, 4) is 0 Å². The molecule has 0 unspecified atom stereocenters. The van der Waals surface area contributed by atoms with Crippen LogP contribution < -0.4 is 0 Å². The molecular formula is C9H7ClF2O2. The van der Waals surface area contributed by atoms with E-state index in [1.807, 2.05) is 0 Å². The van der Waals surface area contributed by atoms with E-state index in [1.165, 1.54) is 6.07 Å². The SMILES string of the molecule is O=C(O)CCc1c(Cl)ccc(F)c1F. The van der Waals surface area contributed by atoms with Gasteiger partial charge in [-0.2, -0.15) is 0 Å². The second kappa shape index (κ2) is 4.37. The van der Waals surface area contributed by atoms with Gasteiger partial charge < -0.3 is 5.11 Å². The lowest BCUT2D eigenvalue weighted by Gasteiger charge is -2.04. The van der Waals surface area contributed by atoms with Crippen molar-refractivity contribution in [2.24, 2.45) is 0 Å². The molecule has 0 heterocycles. The summed E-state index contributed by atoms with van der Waals surface area (Å²) < 4.78 is 25.8. The van der Waals surface area contributed by atoms with Crippen LogP contribution in [0.1, 0.15) is 12.0 Å². The van der Waals surface area contributed by atoms with Gasteiger partial charge in [0.1, 0.15) is 0 Å². The van der Waals surface area contributed by atoms with Crippen molar-refractivity contribution in [3.63, 3.8) is 0 Å². The van der Waals surface area contributed by atoms with Crippen molar-refractivity contribution in [1.29, 1.82) is 0 Å². The van der Waals surface area contributed by atoms with Gasteiger partial charge in [-0.15, -0.1) is 0 Å². The summed E-state index contributed by atoms with van der Waals surface area (Å²) in [4.78, 5) is 10.2. The molecule has 76 valence electrons. The largest absolute Gasteiger partial charge is 0.481 e. The zero-order chi connectivity index (χ0) is 10.7. The van der Waals surface area contributed by atoms with E-state index in [9.17, 15) is 13.6 Å². The molecule has 0 bridgehead atoms. The predicted octanol–water partition coefficient (Wildman–Crippen LogP) is 2.64. The minimum Gasteiger partial charge on any atom is -0.481 e. The van der Waals surface area contributed by atoms with E-state index in [2.05, 4.69) is 0 Å². The second-order valence-corrected chi connectivity index (χ2v) is 3.12. The molecule has 0 spiro atoms. The summed E-state index contributed by atoms with van der Waals surface area (Å²) in [6, 6.07) is 2.11. The highest BCUT2D eigenvalue weighted by atomic mass is 35.5. The zero-order valence-corrected chi connectivity index (χ0v) is 7.81. The number of carboxylic acids is 1. The smallest absolute Gasteiger partial charge is 0.303 e. The summed E-state index contributed by atoms with van der Waals surface area (Å²) in [5.74, 6) is -3.17. The fraction of sp³-hybridized carbons (Fsp3) is 0.222. The third kappa shape index (κ3) is 2.42. The van der Waals surface area contributed by atoms with Crippen molar-refractivity contribution in [3.05, 3.63) is 34.4 Å². The van der Waals surface area contributed by atoms with Crippen LogP contribution in [0, 0.1) is 11.6 Å². The Labute approximate surface area is 84.1 Å². The number of halogens is 3. The molecular weight excluding hydrogens is 214 g/mol. The summed E-state index contributed by atoms with van der Waals surface area (Å²) in [5.41, 5.74) is -0.0888. The third-order valence-electron chi connectivity index (χ3n) is 1.73. The number of hydrogen-bond donors (Lipinski definition) is 1. The normalized spacial score (nSPS) is 10.2. The first-order chi connectivity index (χ1) is 6.52. The lowest BCUT2D eigenvalue weighted by atomic mass is 10.1. The molecule has 1 aromatic rings. The molecule has 1 aromatic carbocycles. The highest BCUT2D eigenvalue weighted by Crippen LogP contribution is 2.22. The monoisotopic (exact) mass is 220 g/mol. The summed E-state index contributed by atoms with van der Waals surface area (Å²) in [6.07, 6.45) is -0.391. The van der Waals surface area contributed by atoms with Gasteiger partial charge in [0, 0.05) is 17.0 Å². The standard InChI is InChI=1S/C9H7ClF2O2/c10-6-2-3-7(11)9(12)5(6)1-4-8(13)14/h2-3H,1,4H2,(H,13,14). The van der Waals surface area contributed by atoms with Crippen LogP contribution in [0.25, 0.3) is 0 Å². The number of benzene rings is 1. The first-order valence-corrected chi connectivity index (χ1v) is 4.24. The average Bonchev–Trinajstić information content (AvgIpc) is 2.11. The van der Waals surface area contributed by atoms with Gasteiger partial charge in [-0.05, 0) is 18.6 Å². The number of aliphatic carboxylic acids is 1. The predicted molar refractivity (Wildman–Crippen MR) is 47.3 cm³/mol. The van der Waals surface area contributed by atoms with Gasteiger partial charge in [0.15, 0.2) is 11.6 Å². The Hall–Kier alpha value is -1.16. The number of carbonyl (C=O) groups is 1. The Morgan fingerprint density at radius 3 is 2.64 bits per heavy atom. The fourth-order valence-electron chi connectivity index (χ4n) is 1.03. The van der Waals surface area contributed by atoms with Gasteiger partial charge >= 0.3 is 5.97 Å². The van der Waals surface area contributed by atoms with Gasteiger partial charge in [-0.3, -0.25) is 4.79 Å². The summed E-state index contributed by atoms with van der Waals surface area (Å²) >= 11 is 5.59. The number of carboxylic acid groups (broad SMARTS) is 1. The molecule has 0 atom stereocenters. The molecule has 0 saturated heterocycles. The van der Waals surface area contributed by atoms with Crippen LogP contribution in [0.3, 0.4) is 0 Å². The Bertz CT molecular complexity index is 366. The third-order valence-corrected chi connectivity index (χ3v) is 2.08. The van der Waals surface area contributed by atoms with Crippen molar-refractivity contribution >= 4 is 17.6 Å². The van der Waals surface area contributed by atoms with E-state index in [-0.39, 0.29) is 23.4 Å². The molecule has 5 heteroatoms. The molecule has 1 N–H and O–H groups in total. The van der Waals surface area contributed by atoms with Crippen LogP contribution in [-0.2, 0) is 11.2 Å². The maximum absolute atomic E-state index is 13.1. The van der Waals surface area contributed by atoms with E-state index >= 15 is 0 Å². The van der Waals surface area contributed by atoms with Crippen molar-refractivity contribution < 1.29 is 18.7 Å². The molecule has 0 radical (unpaired) electrons. The van der Waals surface area contributed by atoms with E-state index in [1.54, 1.807) is 0 Å². The lowest BCUT2D eigenvalue weighted by molar-refractivity contribution is -0.136. The minimum absolute atomic E-state index is 0.0464. The van der Waals surface area contributed by atoms with Crippen molar-refractivity contribution in [2.45, 2.75) is 12.8 Å². The molecule has 0 aromatic heterocycles. The van der Waals surface area contributed by atoms with Crippen LogP contribution >= 0.6 is 11.6 Å².